The first kappa shape index (κ1) is 16.8. The van der Waals surface area contributed by atoms with Crippen LogP contribution in [0, 0.1) is 0 Å². The van der Waals surface area contributed by atoms with Crippen molar-refractivity contribution < 1.29 is 14.1 Å². The van der Waals surface area contributed by atoms with Gasteiger partial charge in [-0.1, -0.05) is 25.9 Å². The minimum absolute atomic E-state index is 0.109. The molecule has 1 saturated heterocycles. The summed E-state index contributed by atoms with van der Waals surface area (Å²) in [5, 5.41) is 6.60. The molecule has 1 aliphatic heterocycles. The molecule has 2 rings (SSSR count). The van der Waals surface area contributed by atoms with Gasteiger partial charge in [0.05, 0.1) is 0 Å². The van der Waals surface area contributed by atoms with Crippen LogP contribution in [0.3, 0.4) is 0 Å². The number of hydrogen-bond acceptors (Lipinski definition) is 4. The van der Waals surface area contributed by atoms with Gasteiger partial charge >= 0.3 is 0 Å². The molecule has 1 aromatic rings. The number of anilines is 1. The summed E-state index contributed by atoms with van der Waals surface area (Å²) in [7, 11) is 0. The summed E-state index contributed by atoms with van der Waals surface area (Å²) in [6.45, 7) is 6.57. The number of likely N-dealkylation sites (tertiary alicyclic amines) is 1. The van der Waals surface area contributed by atoms with Crippen LogP contribution in [-0.2, 0) is 15.0 Å². The minimum Gasteiger partial charge on any atom is -0.359 e. The number of nitrogens with one attached hydrogen (secondary N) is 1. The van der Waals surface area contributed by atoms with Gasteiger partial charge in [-0.3, -0.25) is 9.59 Å². The van der Waals surface area contributed by atoms with Gasteiger partial charge in [0.25, 0.3) is 0 Å². The van der Waals surface area contributed by atoms with Crippen LogP contribution >= 0.6 is 11.6 Å². The SMILES string of the molecule is CC(C)(C)c1cc(NC(=O)C2CCCCN2C(=O)CCl)no1. The number of piperidine rings is 1. The highest BCUT2D eigenvalue weighted by Crippen LogP contribution is 2.25. The number of carbonyl (C=O) groups is 2. The number of nitrogens with zero attached hydrogens (tertiary/aromatic N) is 2. The smallest absolute Gasteiger partial charge is 0.248 e. The van der Waals surface area contributed by atoms with Gasteiger partial charge in [-0.05, 0) is 19.3 Å². The van der Waals surface area contributed by atoms with Crippen LogP contribution in [0.1, 0.15) is 45.8 Å². The van der Waals surface area contributed by atoms with Crippen LogP contribution < -0.4 is 5.32 Å². The van der Waals surface area contributed by atoms with Crippen LogP contribution in [0.5, 0.6) is 0 Å². The first-order valence-electron chi connectivity index (χ1n) is 7.46. The fourth-order valence-electron chi connectivity index (χ4n) is 2.48. The lowest BCUT2D eigenvalue weighted by atomic mass is 9.93. The summed E-state index contributed by atoms with van der Waals surface area (Å²) in [6.07, 6.45) is 2.44. The molecule has 0 bridgehead atoms. The zero-order valence-electron chi connectivity index (χ0n) is 13.2. The van der Waals surface area contributed by atoms with Crippen LogP contribution in [0.4, 0.5) is 5.82 Å². The van der Waals surface area contributed by atoms with E-state index in [2.05, 4.69) is 10.5 Å². The number of hydrogen-bond donors (Lipinski definition) is 1. The highest BCUT2D eigenvalue weighted by molar-refractivity contribution is 6.27. The highest BCUT2D eigenvalue weighted by Gasteiger charge is 2.32. The third kappa shape index (κ3) is 3.80. The highest BCUT2D eigenvalue weighted by atomic mass is 35.5. The standard InChI is InChI=1S/C15H22ClN3O3/c1-15(2,3)11-8-12(18-22-11)17-14(21)10-6-4-5-7-19(10)13(20)9-16/h8,10H,4-7,9H2,1-3H3,(H,17,18,21). The van der Waals surface area contributed by atoms with Crippen molar-refractivity contribution in [2.45, 2.75) is 51.5 Å². The molecule has 22 heavy (non-hydrogen) atoms. The number of amides is 2. The molecule has 0 spiro atoms. The molecule has 6 nitrogen and oxygen atoms in total. The molecule has 0 radical (unpaired) electrons. The lowest BCUT2D eigenvalue weighted by Crippen LogP contribution is -2.50. The van der Waals surface area contributed by atoms with E-state index in [1.165, 1.54) is 0 Å². The van der Waals surface area contributed by atoms with Gasteiger partial charge in [-0.2, -0.15) is 0 Å². The van der Waals surface area contributed by atoms with Gasteiger partial charge in [0.2, 0.25) is 11.8 Å². The molecule has 1 aromatic heterocycles. The van der Waals surface area contributed by atoms with Gasteiger partial charge < -0.3 is 14.7 Å². The van der Waals surface area contributed by atoms with Crippen molar-refractivity contribution in [3.8, 4) is 0 Å². The maximum atomic E-state index is 12.4. The first-order chi connectivity index (χ1) is 10.3. The Balaban J connectivity index is 2.07. The molecule has 0 aliphatic carbocycles. The van der Waals surface area contributed by atoms with E-state index in [1.807, 2.05) is 20.8 Å². The average molecular weight is 328 g/mol. The van der Waals surface area contributed by atoms with E-state index < -0.39 is 6.04 Å². The Hall–Kier alpha value is -1.56. The number of aromatic nitrogens is 1. The fourth-order valence-corrected chi connectivity index (χ4v) is 2.63. The van der Waals surface area contributed by atoms with Gasteiger partial charge in [0, 0.05) is 18.0 Å². The number of halogens is 1. The van der Waals surface area contributed by atoms with E-state index >= 15 is 0 Å². The maximum Gasteiger partial charge on any atom is 0.248 e. The lowest BCUT2D eigenvalue weighted by Gasteiger charge is -2.34. The molecule has 122 valence electrons. The molecular formula is C15H22ClN3O3. The molecule has 7 heteroatoms. The Morgan fingerprint density at radius 2 is 2.18 bits per heavy atom. The number of alkyl halides is 1. The van der Waals surface area contributed by atoms with E-state index in [9.17, 15) is 9.59 Å². The van der Waals surface area contributed by atoms with E-state index in [0.29, 0.717) is 24.5 Å². The third-order valence-electron chi connectivity index (χ3n) is 3.74. The monoisotopic (exact) mass is 327 g/mol. The summed E-state index contributed by atoms with van der Waals surface area (Å²) in [4.78, 5) is 25.8. The molecule has 1 aliphatic rings. The summed E-state index contributed by atoms with van der Waals surface area (Å²) >= 11 is 5.62. The van der Waals surface area contributed by atoms with Crippen molar-refractivity contribution in [2.24, 2.45) is 0 Å². The fraction of sp³-hybridized carbons (Fsp3) is 0.667. The predicted molar refractivity (Wildman–Crippen MR) is 83.9 cm³/mol. The van der Waals surface area contributed by atoms with Crippen LogP contribution in [-0.4, -0.2) is 40.3 Å². The molecule has 0 aromatic carbocycles. The second-order valence-corrected chi connectivity index (χ2v) is 6.82. The normalized spacial score (nSPS) is 19.1. The molecule has 1 N–H and O–H groups in total. The quantitative estimate of drug-likeness (QED) is 0.866. The van der Waals surface area contributed by atoms with E-state index in [-0.39, 0.29) is 23.1 Å². The van der Waals surface area contributed by atoms with Gasteiger partial charge in [0.15, 0.2) is 5.82 Å². The number of carbonyl (C=O) groups excluding carboxylic acids is 2. The van der Waals surface area contributed by atoms with Gasteiger partial charge in [0.1, 0.15) is 17.7 Å². The summed E-state index contributed by atoms with van der Waals surface area (Å²) in [5.74, 6) is 0.505. The molecule has 2 heterocycles. The van der Waals surface area contributed by atoms with Crippen molar-refractivity contribution in [1.29, 1.82) is 0 Å². The lowest BCUT2D eigenvalue weighted by molar-refractivity contribution is -0.138. The predicted octanol–water partition coefficient (Wildman–Crippen LogP) is 2.53. The van der Waals surface area contributed by atoms with Gasteiger partial charge in [-0.25, -0.2) is 0 Å². The molecule has 1 fully saturated rings. The Kier molecular flexibility index (Phi) is 5.11. The van der Waals surface area contributed by atoms with E-state index in [4.69, 9.17) is 16.1 Å². The largest absolute Gasteiger partial charge is 0.359 e. The van der Waals surface area contributed by atoms with Crippen LogP contribution in [0.15, 0.2) is 10.6 Å². The molecule has 2 amide bonds. The summed E-state index contributed by atoms with van der Waals surface area (Å²) in [6, 6.07) is 1.23. The van der Waals surface area contributed by atoms with E-state index in [1.54, 1.807) is 11.0 Å². The Morgan fingerprint density at radius 1 is 1.45 bits per heavy atom. The summed E-state index contributed by atoms with van der Waals surface area (Å²) < 4.78 is 5.25. The Morgan fingerprint density at radius 3 is 2.77 bits per heavy atom. The van der Waals surface area contributed by atoms with E-state index in [0.717, 1.165) is 12.8 Å². The average Bonchev–Trinajstić information content (AvgIpc) is 2.95. The van der Waals surface area contributed by atoms with Crippen LogP contribution in [0.2, 0.25) is 0 Å². The maximum absolute atomic E-state index is 12.4. The second kappa shape index (κ2) is 6.69. The van der Waals surface area contributed by atoms with Crippen molar-refractivity contribution in [1.82, 2.24) is 10.1 Å². The second-order valence-electron chi connectivity index (χ2n) is 6.55. The van der Waals surface area contributed by atoms with Crippen molar-refractivity contribution in [3.05, 3.63) is 11.8 Å². The summed E-state index contributed by atoms with van der Waals surface area (Å²) in [5.41, 5.74) is -0.179. The molecular weight excluding hydrogens is 306 g/mol. The Bertz CT molecular complexity index is 550. The zero-order valence-corrected chi connectivity index (χ0v) is 13.9. The van der Waals surface area contributed by atoms with Gasteiger partial charge in [-0.15, -0.1) is 11.6 Å². The topological polar surface area (TPSA) is 75.4 Å². The van der Waals surface area contributed by atoms with Crippen molar-refractivity contribution in [2.75, 3.05) is 17.7 Å². The van der Waals surface area contributed by atoms with Crippen LogP contribution in [0.25, 0.3) is 0 Å². The number of rotatable bonds is 3. The zero-order chi connectivity index (χ0) is 16.3. The first-order valence-corrected chi connectivity index (χ1v) is 8.00. The molecule has 0 saturated carbocycles. The minimum atomic E-state index is -0.491. The third-order valence-corrected chi connectivity index (χ3v) is 3.97. The molecule has 1 unspecified atom stereocenters. The van der Waals surface area contributed by atoms with Crippen molar-refractivity contribution in [3.63, 3.8) is 0 Å². The van der Waals surface area contributed by atoms with Crippen molar-refractivity contribution >= 4 is 29.2 Å². The Labute approximate surface area is 135 Å². The molecule has 1 atom stereocenters.